The van der Waals surface area contributed by atoms with Crippen molar-refractivity contribution in [1.29, 1.82) is 0 Å². The lowest BCUT2D eigenvalue weighted by atomic mass is 9.89. The van der Waals surface area contributed by atoms with Crippen LogP contribution in [0, 0.1) is 0 Å². The van der Waals surface area contributed by atoms with Crippen LogP contribution in [0.2, 0.25) is 0 Å². The third-order valence-electron chi connectivity index (χ3n) is 5.69. The van der Waals surface area contributed by atoms with E-state index in [9.17, 15) is 18.3 Å². The molecule has 2 saturated heterocycles. The first kappa shape index (κ1) is 24.1. The zero-order valence-corrected chi connectivity index (χ0v) is 18.3. The van der Waals surface area contributed by atoms with E-state index in [1.807, 2.05) is 12.1 Å². The van der Waals surface area contributed by atoms with E-state index in [0.29, 0.717) is 0 Å². The normalized spacial score (nSPS) is 29.7. The van der Waals surface area contributed by atoms with Gasteiger partial charge in [-0.15, -0.1) is 0 Å². The largest absolute Gasteiger partial charge is 0.417 e. The number of rotatable bonds is 8. The molecule has 1 N–H and O–H groups in total. The van der Waals surface area contributed by atoms with Gasteiger partial charge in [0.05, 0.1) is 19.8 Å². The summed E-state index contributed by atoms with van der Waals surface area (Å²) in [5.74, 6) is -1.08. The summed E-state index contributed by atoms with van der Waals surface area (Å²) in [7, 11) is 0. The molecule has 2 aromatic rings. The fraction of sp³-hybridized carbons (Fsp3) is 0.500. The smallest absolute Gasteiger partial charge is 0.381 e. The Kier molecular flexibility index (Phi) is 6.82. The van der Waals surface area contributed by atoms with Crippen molar-refractivity contribution in [2.24, 2.45) is 0 Å². The molecule has 2 heterocycles. The monoisotopic (exact) mass is 468 g/mol. The van der Waals surface area contributed by atoms with Crippen LogP contribution in [-0.4, -0.2) is 53.9 Å². The van der Waals surface area contributed by atoms with E-state index in [1.54, 1.807) is 62.4 Å². The lowest BCUT2D eigenvalue weighted by Gasteiger charge is -2.40. The summed E-state index contributed by atoms with van der Waals surface area (Å²) >= 11 is 0. The van der Waals surface area contributed by atoms with Crippen molar-refractivity contribution in [3.05, 3.63) is 71.8 Å². The molecule has 0 spiro atoms. The number of aliphatic hydroxyl groups excluding tert-OH is 1. The zero-order chi connectivity index (χ0) is 23.7. The Hall–Kier alpha value is -2.01. The molecular weight excluding hydrogens is 441 g/mol. The van der Waals surface area contributed by atoms with Gasteiger partial charge in [-0.05, 0) is 25.0 Å². The molecule has 2 aliphatic heterocycles. The molecule has 0 saturated carbocycles. The minimum Gasteiger partial charge on any atom is -0.381 e. The third kappa shape index (κ3) is 5.24. The fourth-order valence-electron chi connectivity index (χ4n) is 4.21. The van der Waals surface area contributed by atoms with E-state index in [4.69, 9.17) is 23.7 Å². The van der Waals surface area contributed by atoms with Gasteiger partial charge in [0, 0.05) is 0 Å². The van der Waals surface area contributed by atoms with Crippen molar-refractivity contribution in [3.8, 4) is 0 Å². The second kappa shape index (κ2) is 9.32. The molecule has 1 unspecified atom stereocenters. The van der Waals surface area contributed by atoms with Crippen LogP contribution < -0.4 is 0 Å². The summed E-state index contributed by atoms with van der Waals surface area (Å²) in [6, 6.07) is 18.0. The number of ether oxygens (including phenoxy) is 5. The van der Waals surface area contributed by atoms with Gasteiger partial charge in [0.25, 0.3) is 0 Å². The molecule has 2 aromatic carbocycles. The van der Waals surface area contributed by atoms with Crippen LogP contribution in [-0.2, 0) is 36.9 Å². The molecule has 2 fully saturated rings. The number of aliphatic hydroxyl groups is 1. The van der Waals surface area contributed by atoms with Crippen molar-refractivity contribution < 1.29 is 42.0 Å². The van der Waals surface area contributed by atoms with Crippen molar-refractivity contribution in [2.75, 3.05) is 6.61 Å². The van der Waals surface area contributed by atoms with Gasteiger partial charge >= 0.3 is 6.18 Å². The fourth-order valence-corrected chi connectivity index (χ4v) is 4.21. The number of hydrogen-bond donors (Lipinski definition) is 1. The molecular formula is C24H27F3O6. The Morgan fingerprint density at radius 2 is 1.48 bits per heavy atom. The van der Waals surface area contributed by atoms with Crippen LogP contribution in [0.4, 0.5) is 13.2 Å². The van der Waals surface area contributed by atoms with Gasteiger partial charge in [-0.3, -0.25) is 0 Å². The van der Waals surface area contributed by atoms with Gasteiger partial charge in [0.15, 0.2) is 23.8 Å². The third-order valence-corrected chi connectivity index (χ3v) is 5.69. The topological polar surface area (TPSA) is 66.4 Å². The molecule has 0 radical (unpaired) electrons. The van der Waals surface area contributed by atoms with Crippen LogP contribution in [0.15, 0.2) is 60.7 Å². The molecule has 180 valence electrons. The van der Waals surface area contributed by atoms with E-state index in [2.05, 4.69) is 0 Å². The minimum absolute atomic E-state index is 0.00706. The number of benzene rings is 2. The van der Waals surface area contributed by atoms with Gasteiger partial charge < -0.3 is 28.8 Å². The van der Waals surface area contributed by atoms with E-state index >= 15 is 0 Å². The molecule has 9 heteroatoms. The van der Waals surface area contributed by atoms with E-state index < -0.39 is 48.8 Å². The maximum atomic E-state index is 13.8. The number of hydrogen-bond acceptors (Lipinski definition) is 6. The molecule has 0 bridgehead atoms. The molecule has 5 atom stereocenters. The molecule has 0 amide bonds. The standard InChI is InChI=1S/C24H27F3O6/c1-22(2)31-18-19(30-14-17-11-7-4-8-12-17)23(33-20(18)32-22,21(28)24(25,26)27)15-29-13-16-9-5-3-6-10-16/h3-12,18-21,28H,13-15H2,1-2H3/t18-,19+,20+,21?,23-/m1/s1. The first-order valence-electron chi connectivity index (χ1n) is 10.7. The molecule has 2 aliphatic rings. The van der Waals surface area contributed by atoms with Gasteiger partial charge in [-0.25, -0.2) is 0 Å². The summed E-state index contributed by atoms with van der Waals surface area (Å²) in [6.45, 7) is 2.72. The van der Waals surface area contributed by atoms with Crippen LogP contribution in [0.1, 0.15) is 25.0 Å². The van der Waals surface area contributed by atoms with Gasteiger partial charge in [-0.2, -0.15) is 13.2 Å². The SMILES string of the molecule is CC1(C)O[C@H]2O[C@@](COCc3ccccc3)(C(O)C(F)(F)F)[C@@H](OCc3ccccc3)[C@H]2O1. The Labute approximate surface area is 190 Å². The van der Waals surface area contributed by atoms with Gasteiger partial charge in [-0.1, -0.05) is 60.7 Å². The van der Waals surface area contributed by atoms with Crippen molar-refractivity contribution in [1.82, 2.24) is 0 Å². The quantitative estimate of drug-likeness (QED) is 0.633. The summed E-state index contributed by atoms with van der Waals surface area (Å²) in [4.78, 5) is 0. The van der Waals surface area contributed by atoms with Crippen LogP contribution >= 0.6 is 0 Å². The second-order valence-electron chi connectivity index (χ2n) is 8.68. The summed E-state index contributed by atoms with van der Waals surface area (Å²) in [5.41, 5.74) is -0.768. The lowest BCUT2D eigenvalue weighted by molar-refractivity contribution is -0.321. The van der Waals surface area contributed by atoms with E-state index in [0.717, 1.165) is 11.1 Å². The highest BCUT2D eigenvalue weighted by Crippen LogP contribution is 2.48. The average molecular weight is 468 g/mol. The zero-order valence-electron chi connectivity index (χ0n) is 18.3. The highest BCUT2D eigenvalue weighted by molar-refractivity contribution is 5.16. The highest BCUT2D eigenvalue weighted by Gasteiger charge is 2.69. The summed E-state index contributed by atoms with van der Waals surface area (Å²) in [5, 5.41) is 10.5. The van der Waals surface area contributed by atoms with Crippen LogP contribution in [0.3, 0.4) is 0 Å². The van der Waals surface area contributed by atoms with E-state index in [-0.39, 0.29) is 13.2 Å². The van der Waals surface area contributed by atoms with Crippen LogP contribution in [0.25, 0.3) is 0 Å². The summed E-state index contributed by atoms with van der Waals surface area (Å²) < 4.78 is 70.4. The minimum atomic E-state index is -4.99. The Balaban J connectivity index is 1.62. The Morgan fingerprint density at radius 3 is 2.06 bits per heavy atom. The first-order chi connectivity index (χ1) is 15.6. The predicted molar refractivity (Wildman–Crippen MR) is 111 cm³/mol. The Bertz CT molecular complexity index is 907. The van der Waals surface area contributed by atoms with Crippen molar-refractivity contribution in [2.45, 2.75) is 69.2 Å². The Morgan fingerprint density at radius 1 is 0.909 bits per heavy atom. The molecule has 0 aliphatic carbocycles. The predicted octanol–water partition coefficient (Wildman–Crippen LogP) is 3.96. The first-order valence-corrected chi connectivity index (χ1v) is 10.7. The van der Waals surface area contributed by atoms with Crippen LogP contribution in [0.5, 0.6) is 0 Å². The number of fused-ring (bicyclic) bond motifs is 1. The highest BCUT2D eigenvalue weighted by atomic mass is 19.4. The maximum absolute atomic E-state index is 13.8. The molecule has 0 aromatic heterocycles. The number of alkyl halides is 3. The van der Waals surface area contributed by atoms with E-state index in [1.165, 1.54) is 0 Å². The lowest BCUT2D eigenvalue weighted by Crippen LogP contribution is -2.62. The molecule has 6 nitrogen and oxygen atoms in total. The van der Waals surface area contributed by atoms with Crippen molar-refractivity contribution in [3.63, 3.8) is 0 Å². The number of halogens is 3. The average Bonchev–Trinajstić information content (AvgIpc) is 3.21. The second-order valence-corrected chi connectivity index (χ2v) is 8.68. The molecule has 33 heavy (non-hydrogen) atoms. The maximum Gasteiger partial charge on any atom is 0.417 e. The van der Waals surface area contributed by atoms with Gasteiger partial charge in [0.1, 0.15) is 12.2 Å². The van der Waals surface area contributed by atoms with Crippen molar-refractivity contribution >= 4 is 0 Å². The van der Waals surface area contributed by atoms with Gasteiger partial charge in [0.2, 0.25) is 0 Å². The summed E-state index contributed by atoms with van der Waals surface area (Å²) in [6.07, 6.45) is -11.3. The molecule has 4 rings (SSSR count).